The van der Waals surface area contributed by atoms with Crippen molar-refractivity contribution in [3.8, 4) is 0 Å². The molecular weight excluding hydrogens is 750 g/mol. The van der Waals surface area contributed by atoms with Crippen LogP contribution in [0.4, 0.5) is 0 Å². The minimum atomic E-state index is -3.69. The summed E-state index contributed by atoms with van der Waals surface area (Å²) in [6.45, 7) is 0. The summed E-state index contributed by atoms with van der Waals surface area (Å²) in [7, 11) is 0. The molecule has 1 aromatic carbocycles. The minimum Gasteiger partial charge on any atom is -0.386 e. The zero-order chi connectivity index (χ0) is 30.9. The first-order valence-electron chi connectivity index (χ1n) is 9.61. The third-order valence-corrected chi connectivity index (χ3v) is 5.64. The van der Waals surface area contributed by atoms with E-state index in [2.05, 4.69) is 8.83 Å². The summed E-state index contributed by atoms with van der Waals surface area (Å²) in [5, 5.41) is -3.85. The Labute approximate surface area is 263 Å². The van der Waals surface area contributed by atoms with Crippen LogP contribution in [0, 0.1) is 11.8 Å². The largest absolute Gasteiger partial charge is 0.386 e. The van der Waals surface area contributed by atoms with Gasteiger partial charge >= 0.3 is 82.1 Å². The summed E-state index contributed by atoms with van der Waals surface area (Å²) in [6.07, 6.45) is 2.04. The molecule has 1 aliphatic rings. The van der Waals surface area contributed by atoms with Gasteiger partial charge in [-0.15, -0.1) is 0 Å². The van der Waals surface area contributed by atoms with Crippen LogP contribution >= 0.6 is 106 Å². The second-order valence-corrected chi connectivity index (χ2v) is 25.3. The molecule has 0 radical (unpaired) electrons. The maximum Gasteiger partial charge on any atom is 0.346 e. The number of fused-ring (bicyclic) bond motifs is 2. The van der Waals surface area contributed by atoms with Gasteiger partial charge in [0.25, 0.3) is 10.5 Å². The quantitative estimate of drug-likeness (QED) is 0.230. The number of carbonyl (C=O) groups excluding carboxylic acids is 4. The van der Waals surface area contributed by atoms with Crippen LogP contribution < -0.4 is 22.5 Å². The fraction of sp³-hybridized carbons (Fsp3) is 0.100. The van der Waals surface area contributed by atoms with E-state index in [4.69, 9.17) is 103 Å². The Morgan fingerprint density at radius 1 is 0.550 bits per heavy atom. The number of hydrogen-bond acceptors (Lipinski definition) is 10. The molecule has 10 nitrogen and oxygen atoms in total. The first kappa shape index (κ1) is 34.9. The van der Waals surface area contributed by atoms with Crippen LogP contribution in [0.15, 0.2) is 63.4 Å². The van der Waals surface area contributed by atoms with Gasteiger partial charge in [0.2, 0.25) is 10.5 Å². The van der Waals surface area contributed by atoms with Gasteiger partial charge < -0.3 is 8.83 Å². The van der Waals surface area contributed by atoms with E-state index in [-0.39, 0.29) is 32.7 Å². The van der Waals surface area contributed by atoms with E-state index < -0.39 is 58.7 Å². The minimum absolute atomic E-state index is 0.0181. The van der Waals surface area contributed by atoms with Crippen LogP contribution in [0.25, 0.3) is 21.5 Å². The fourth-order valence-corrected chi connectivity index (χ4v) is 3.89. The Morgan fingerprint density at radius 2 is 0.775 bits per heavy atom. The fourth-order valence-electron chi connectivity index (χ4n) is 3.17. The monoisotopic (exact) mass is 752 g/mol. The Bertz CT molecular complexity index is 1630. The zero-order valence-electron chi connectivity index (χ0n) is 18.4. The molecule has 2 heterocycles. The molecule has 4 rings (SSSR count). The first-order valence-corrected chi connectivity index (χ1v) is 17.9. The van der Waals surface area contributed by atoms with Gasteiger partial charge in [-0.3, -0.25) is 19.2 Å². The van der Waals surface area contributed by atoms with Gasteiger partial charge in [-0.2, -0.15) is 0 Å². The third-order valence-electron chi connectivity index (χ3n) is 4.73. The van der Waals surface area contributed by atoms with E-state index in [1.165, 1.54) is 0 Å². The topological polar surface area (TPSA) is 163 Å². The van der Waals surface area contributed by atoms with Crippen molar-refractivity contribution in [2.75, 3.05) is 0 Å². The maximum absolute atomic E-state index is 11.2. The van der Waals surface area contributed by atoms with Crippen molar-refractivity contribution in [3.63, 3.8) is 0 Å². The van der Waals surface area contributed by atoms with Gasteiger partial charge in [0, 0.05) is 11.1 Å². The molecule has 2 aromatic heterocycles. The number of hydrogen-bond donors (Lipinski definition) is 0. The van der Waals surface area contributed by atoms with Gasteiger partial charge in [-0.25, -0.2) is 19.2 Å². The number of carbonyl (C=O) groups is 4. The van der Waals surface area contributed by atoms with Crippen LogP contribution in [0.3, 0.4) is 0 Å². The number of halogens is 9. The molecule has 3 aromatic rings. The average Bonchev–Trinajstić information content (AvgIpc) is 3.24. The van der Waals surface area contributed by atoms with Gasteiger partial charge in [0.05, 0.1) is 33.4 Å². The smallest absolute Gasteiger partial charge is 0.346 e. The summed E-state index contributed by atoms with van der Waals surface area (Å²) in [5.41, 5.74) is -3.84. The summed E-state index contributed by atoms with van der Waals surface area (Å²) in [4.78, 5) is 89.3. The SMILES string of the molecule is ClP(Cl)(Cl)(Cl)Cl.O=C(Cl)C1=CC(C(=O)Cl)C(C(=O)Cl)C=C1C(=O)Cl.O=c1oc(=O)c2cc3c(=O)oc(=O)c3cc12. The van der Waals surface area contributed by atoms with E-state index in [0.717, 1.165) is 24.3 Å². The van der Waals surface area contributed by atoms with Crippen molar-refractivity contribution >= 4 is 148 Å². The van der Waals surface area contributed by atoms with E-state index >= 15 is 0 Å². The molecule has 2 atom stereocenters. The van der Waals surface area contributed by atoms with Gasteiger partial charge in [0.1, 0.15) is 0 Å². The summed E-state index contributed by atoms with van der Waals surface area (Å²) >= 11 is 46.0. The number of allylic oxidation sites excluding steroid dienone is 4. The van der Waals surface area contributed by atoms with Crippen LogP contribution in [-0.2, 0) is 19.2 Å². The molecule has 20 heteroatoms. The molecule has 2 unspecified atom stereocenters. The summed E-state index contributed by atoms with van der Waals surface area (Å²) in [6, 6.07) is 2.29. The van der Waals surface area contributed by atoms with E-state index in [1.807, 2.05) is 0 Å². The van der Waals surface area contributed by atoms with Crippen LogP contribution in [0.5, 0.6) is 0 Å². The second-order valence-electron chi connectivity index (χ2n) is 7.30. The van der Waals surface area contributed by atoms with Crippen molar-refractivity contribution in [1.82, 2.24) is 0 Å². The van der Waals surface area contributed by atoms with Crippen molar-refractivity contribution in [3.05, 3.63) is 77.1 Å². The van der Waals surface area contributed by atoms with E-state index in [9.17, 15) is 38.4 Å². The average molecular weight is 756 g/mol. The molecule has 1 aliphatic carbocycles. The predicted molar refractivity (Wildman–Crippen MR) is 156 cm³/mol. The van der Waals surface area contributed by atoms with Crippen molar-refractivity contribution in [2.24, 2.45) is 11.8 Å². The molecule has 0 fully saturated rings. The number of benzene rings is 1. The zero-order valence-corrected chi connectivity index (χ0v) is 26.1. The van der Waals surface area contributed by atoms with Crippen molar-refractivity contribution in [2.45, 2.75) is 0 Å². The Balaban J connectivity index is 0.000000234. The molecule has 0 bridgehead atoms. The maximum atomic E-state index is 11.2. The van der Waals surface area contributed by atoms with Gasteiger partial charge in [0.15, 0.2) is 0 Å². The molecule has 40 heavy (non-hydrogen) atoms. The van der Waals surface area contributed by atoms with E-state index in [1.54, 1.807) is 0 Å². The normalized spacial score (nSPS) is 17.8. The third kappa shape index (κ3) is 9.36. The molecule has 214 valence electrons. The first-order chi connectivity index (χ1) is 18.1. The Morgan fingerprint density at radius 3 is 0.950 bits per heavy atom. The molecule has 0 amide bonds. The number of furan rings is 2. The van der Waals surface area contributed by atoms with Gasteiger partial charge in [-0.1, -0.05) is 12.2 Å². The second kappa shape index (κ2) is 12.9. The molecular formula is C20H6Cl9O10P. The molecule has 0 spiro atoms. The van der Waals surface area contributed by atoms with Crippen LogP contribution in [0.1, 0.15) is 0 Å². The predicted octanol–water partition coefficient (Wildman–Crippen LogP) is 5.95. The standard InChI is InChI=1S/C10H4Cl4O4.C10H2O6.Cl5P/c11-7(15)3-1-4(8(12)16)6(10(14)18)2-5(3)9(13)17;11-7-3-1-4-6(10(14)16-8(4)12)2-5(3)9(13)15-7;1-6(2,3,4)5/h1-3,5H;1-2H;. The molecule has 0 N–H and O–H groups in total. The number of rotatable bonds is 4. The summed E-state index contributed by atoms with van der Waals surface area (Å²) in [5.74, 6) is -2.32. The summed E-state index contributed by atoms with van der Waals surface area (Å²) < 4.78 is 4.99. The van der Waals surface area contributed by atoms with Crippen molar-refractivity contribution < 1.29 is 28.0 Å². The molecule has 0 saturated heterocycles. The van der Waals surface area contributed by atoms with Crippen molar-refractivity contribution in [1.29, 1.82) is 0 Å². The Kier molecular flexibility index (Phi) is 11.3. The van der Waals surface area contributed by atoms with E-state index in [0.29, 0.717) is 0 Å². The van der Waals surface area contributed by atoms with Crippen LogP contribution in [0.2, 0.25) is 0 Å². The van der Waals surface area contributed by atoms with Gasteiger partial charge in [-0.05, 0) is 58.5 Å². The molecule has 0 aliphatic heterocycles. The molecule has 0 saturated carbocycles. The van der Waals surface area contributed by atoms with Crippen LogP contribution in [-0.4, -0.2) is 21.0 Å². The Hall–Kier alpha value is -1.30.